The van der Waals surface area contributed by atoms with E-state index in [1.54, 1.807) is 13.0 Å². The number of carbonyl (C=O) groups is 4. The number of H-pyrrole nitrogens is 2. The molecule has 0 fully saturated rings. The number of carboxylic acids is 2. The molecule has 2 aliphatic heterocycles. The molecule has 0 radical (unpaired) electrons. The number of nitrogens with one attached hydrogen (secondary N) is 4. The van der Waals surface area contributed by atoms with Gasteiger partial charge >= 0.3 is 49.7 Å². The monoisotopic (exact) mass is 624 g/mol. The van der Waals surface area contributed by atoms with E-state index in [-0.39, 0.29) is 75.2 Å². The second kappa shape index (κ2) is 14.3. The summed E-state index contributed by atoms with van der Waals surface area (Å²) in [5, 5.41) is 24.6. The van der Waals surface area contributed by atoms with E-state index in [9.17, 15) is 29.4 Å². The van der Waals surface area contributed by atoms with Crippen molar-refractivity contribution in [2.24, 2.45) is 0 Å². The third-order valence-electron chi connectivity index (χ3n) is 8.11. The minimum absolute atomic E-state index is 0. The molecule has 224 valence electrons. The fourth-order valence-corrected chi connectivity index (χ4v) is 5.61. The molecule has 0 saturated carbocycles. The molecule has 2 aliphatic rings. The molecule has 0 aromatic carbocycles. The topological polar surface area (TPSA) is 164 Å². The Kier molecular flexibility index (Phi) is 11.2. The van der Waals surface area contributed by atoms with E-state index in [2.05, 4.69) is 33.8 Å². The molecular weight excluding hydrogens is 588 g/mol. The molecule has 0 spiro atoms. The number of amides is 2. The predicted molar refractivity (Wildman–Crippen MR) is 170 cm³/mol. The van der Waals surface area contributed by atoms with Crippen LogP contribution in [0.25, 0.3) is 12.2 Å². The van der Waals surface area contributed by atoms with Crippen LogP contribution in [0.4, 0.5) is 0 Å². The molecular formula is C33H36CaN4O6+2. The summed E-state index contributed by atoms with van der Waals surface area (Å²) in [6, 6.07) is 0. The number of allylic oxidation sites excluding steroid dienone is 2. The van der Waals surface area contributed by atoms with Crippen molar-refractivity contribution in [3.8, 4) is 0 Å². The molecule has 6 N–H and O–H groups in total. The summed E-state index contributed by atoms with van der Waals surface area (Å²) in [4.78, 5) is 54.5. The van der Waals surface area contributed by atoms with Gasteiger partial charge in [0.15, 0.2) is 0 Å². The first kappa shape index (κ1) is 34.6. The maximum Gasteiger partial charge on any atom is 2.00 e. The van der Waals surface area contributed by atoms with Crippen molar-refractivity contribution in [1.29, 1.82) is 0 Å². The Balaban J connectivity index is 0.00000529. The maximum atomic E-state index is 12.3. The second-order valence-corrected chi connectivity index (χ2v) is 10.7. The van der Waals surface area contributed by atoms with Crippen LogP contribution < -0.4 is 10.6 Å². The number of aromatic amines is 2. The van der Waals surface area contributed by atoms with Gasteiger partial charge in [0.2, 0.25) is 0 Å². The van der Waals surface area contributed by atoms with Crippen molar-refractivity contribution < 1.29 is 29.4 Å². The van der Waals surface area contributed by atoms with Gasteiger partial charge in [-0.1, -0.05) is 25.3 Å². The molecule has 11 heteroatoms. The van der Waals surface area contributed by atoms with Gasteiger partial charge in [0.1, 0.15) is 0 Å². The van der Waals surface area contributed by atoms with Crippen LogP contribution in [0.3, 0.4) is 0 Å². The minimum atomic E-state index is -0.922. The van der Waals surface area contributed by atoms with Crippen LogP contribution in [0.5, 0.6) is 0 Å². The molecule has 2 amide bonds. The van der Waals surface area contributed by atoms with Crippen LogP contribution in [0.2, 0.25) is 0 Å². The standard InChI is InChI=1S/C33H36N4O6.Ca/c1-7-20-19(6)32(42)37-27(20)14-25-18(5)23(10-12-31(40)41)29(35-25)15-28-22(9-11-30(38)39)17(4)24(34-28)13-26-16(3)21(8-2)33(43)36-26;/h7-8,13-14,34-35H,1-2,9-12,15H2,3-6H3,(H,36,43)(H,37,42)(H,38,39)(H,40,41);/q;+2/b26-13-,27-14-;. The summed E-state index contributed by atoms with van der Waals surface area (Å²) in [5.41, 5.74) is 10.2. The van der Waals surface area contributed by atoms with Gasteiger partial charge in [-0.3, -0.25) is 19.2 Å². The van der Waals surface area contributed by atoms with Gasteiger partial charge in [-0.05, 0) is 80.5 Å². The van der Waals surface area contributed by atoms with Gasteiger partial charge in [0.05, 0.1) is 5.70 Å². The second-order valence-electron chi connectivity index (χ2n) is 10.7. The van der Waals surface area contributed by atoms with E-state index in [1.165, 1.54) is 6.08 Å². The molecule has 0 aliphatic carbocycles. The summed E-state index contributed by atoms with van der Waals surface area (Å²) >= 11 is 0. The number of hydrogen-bond acceptors (Lipinski definition) is 4. The first-order chi connectivity index (χ1) is 20.4. The molecule has 2 aromatic rings. The van der Waals surface area contributed by atoms with E-state index in [0.29, 0.717) is 34.5 Å². The molecule has 0 saturated heterocycles. The van der Waals surface area contributed by atoms with E-state index in [4.69, 9.17) is 0 Å². The van der Waals surface area contributed by atoms with Crippen molar-refractivity contribution in [3.63, 3.8) is 0 Å². The van der Waals surface area contributed by atoms with E-state index < -0.39 is 11.9 Å². The zero-order valence-electron chi connectivity index (χ0n) is 25.5. The van der Waals surface area contributed by atoms with Crippen LogP contribution in [0, 0.1) is 13.8 Å². The summed E-state index contributed by atoms with van der Waals surface area (Å²) < 4.78 is 0. The zero-order valence-corrected chi connectivity index (χ0v) is 27.7. The van der Waals surface area contributed by atoms with Crippen molar-refractivity contribution in [2.45, 2.75) is 59.8 Å². The fraction of sp³-hybridized carbons (Fsp3) is 0.273. The largest absolute Gasteiger partial charge is 2.00 e. The smallest absolute Gasteiger partial charge is 0.481 e. The average molecular weight is 625 g/mol. The Morgan fingerprint density at radius 3 is 1.59 bits per heavy atom. The molecule has 4 rings (SSSR count). The van der Waals surface area contributed by atoms with Gasteiger partial charge in [-0.15, -0.1) is 0 Å². The predicted octanol–water partition coefficient (Wildman–Crippen LogP) is 4.15. The Labute approximate surface area is 285 Å². The average Bonchev–Trinajstić information content (AvgIpc) is 3.59. The van der Waals surface area contributed by atoms with Gasteiger partial charge in [0.25, 0.3) is 11.8 Å². The van der Waals surface area contributed by atoms with Crippen molar-refractivity contribution >= 4 is 73.6 Å². The number of carbonyl (C=O) groups excluding carboxylic acids is 2. The molecule has 0 unspecified atom stereocenters. The van der Waals surface area contributed by atoms with E-state index in [1.807, 2.05) is 32.9 Å². The molecule has 0 atom stereocenters. The van der Waals surface area contributed by atoms with Crippen LogP contribution in [-0.2, 0) is 38.4 Å². The van der Waals surface area contributed by atoms with Crippen LogP contribution in [0.15, 0.2) is 59.0 Å². The number of carboxylic acid groups (broad SMARTS) is 2. The number of rotatable bonds is 12. The quantitative estimate of drug-likeness (QED) is 0.194. The van der Waals surface area contributed by atoms with Gasteiger partial charge in [-0.25, -0.2) is 0 Å². The maximum absolute atomic E-state index is 12.3. The van der Waals surface area contributed by atoms with Gasteiger partial charge in [-0.2, -0.15) is 0 Å². The number of hydrogen-bond donors (Lipinski definition) is 6. The van der Waals surface area contributed by atoms with Crippen LogP contribution >= 0.6 is 0 Å². The van der Waals surface area contributed by atoms with Gasteiger partial charge in [0, 0.05) is 64.5 Å². The normalized spacial score (nSPS) is 16.5. The van der Waals surface area contributed by atoms with Crippen molar-refractivity contribution in [2.75, 3.05) is 0 Å². The Bertz CT molecular complexity index is 1710. The van der Waals surface area contributed by atoms with Crippen molar-refractivity contribution in [1.82, 2.24) is 20.6 Å². The zero-order chi connectivity index (χ0) is 31.6. The first-order valence-corrected chi connectivity index (χ1v) is 13.9. The Morgan fingerprint density at radius 2 is 1.16 bits per heavy atom. The summed E-state index contributed by atoms with van der Waals surface area (Å²) in [6.45, 7) is 14.9. The first-order valence-electron chi connectivity index (χ1n) is 13.9. The molecule has 4 heterocycles. The summed E-state index contributed by atoms with van der Waals surface area (Å²) in [5.74, 6) is -2.28. The van der Waals surface area contributed by atoms with Crippen LogP contribution in [-0.4, -0.2) is 81.7 Å². The molecule has 0 bridgehead atoms. The summed E-state index contributed by atoms with van der Waals surface area (Å²) in [6.07, 6.45) is 7.58. The molecule has 10 nitrogen and oxygen atoms in total. The molecule has 2 aromatic heterocycles. The number of aliphatic carboxylic acids is 2. The molecule has 44 heavy (non-hydrogen) atoms. The third-order valence-corrected chi connectivity index (χ3v) is 8.11. The van der Waals surface area contributed by atoms with Crippen LogP contribution in [0.1, 0.15) is 71.7 Å². The minimum Gasteiger partial charge on any atom is -0.481 e. The van der Waals surface area contributed by atoms with E-state index in [0.717, 1.165) is 50.6 Å². The van der Waals surface area contributed by atoms with E-state index >= 15 is 0 Å². The Morgan fingerprint density at radius 1 is 0.705 bits per heavy atom. The SMILES string of the molecule is C=CC1=C(C)/C(=C/c2[nH]c(Cc3[nH]c(/C=C4\NC(=O)C(C)=C4C=C)c(C)c3CCC(=O)O)c(CCC(=O)O)c2C)NC1=O.[Ca+2]. The Hall–Kier alpha value is -3.86. The van der Waals surface area contributed by atoms with Crippen molar-refractivity contribution in [3.05, 3.63) is 104 Å². The fourth-order valence-electron chi connectivity index (χ4n) is 5.61. The third kappa shape index (κ3) is 7.09. The number of aromatic nitrogens is 2. The van der Waals surface area contributed by atoms with Gasteiger partial charge < -0.3 is 30.8 Å². The summed E-state index contributed by atoms with van der Waals surface area (Å²) in [7, 11) is 0.